The third-order valence-corrected chi connectivity index (χ3v) is 5.83. The molecular formula is C17H20BrN3O3S. The van der Waals surface area contributed by atoms with Crippen LogP contribution >= 0.6 is 27.3 Å². The van der Waals surface area contributed by atoms with E-state index < -0.39 is 0 Å². The van der Waals surface area contributed by atoms with Crippen molar-refractivity contribution < 1.29 is 14.3 Å². The van der Waals surface area contributed by atoms with Gasteiger partial charge in [-0.1, -0.05) is 6.92 Å². The Hall–Kier alpha value is -1.67. The number of nitrogens with one attached hydrogen (secondary N) is 1. The third kappa shape index (κ3) is 3.79. The molecule has 0 bridgehead atoms. The number of aromatic nitrogens is 2. The second-order valence-corrected chi connectivity index (χ2v) is 7.96. The zero-order chi connectivity index (χ0) is 18.0. The number of esters is 1. The molecule has 3 rings (SSSR count). The molecule has 25 heavy (non-hydrogen) atoms. The molecule has 0 aromatic carbocycles. The highest BCUT2D eigenvalue weighted by molar-refractivity contribution is 9.10. The average Bonchev–Trinajstić information content (AvgIpc) is 3.11. The summed E-state index contributed by atoms with van der Waals surface area (Å²) in [5.74, 6) is -0.688. The molecule has 1 aliphatic carbocycles. The Labute approximate surface area is 158 Å². The second kappa shape index (κ2) is 7.70. The van der Waals surface area contributed by atoms with Gasteiger partial charge in [-0.05, 0) is 53.6 Å². The van der Waals surface area contributed by atoms with Gasteiger partial charge in [0.25, 0.3) is 5.91 Å². The van der Waals surface area contributed by atoms with Crippen molar-refractivity contribution in [3.63, 3.8) is 0 Å². The number of anilines is 1. The van der Waals surface area contributed by atoms with E-state index in [9.17, 15) is 9.59 Å². The van der Waals surface area contributed by atoms with E-state index in [4.69, 9.17) is 4.74 Å². The smallest absolute Gasteiger partial charge is 0.341 e. The molecule has 0 unspecified atom stereocenters. The highest BCUT2D eigenvalue weighted by Gasteiger charge is 2.28. The fourth-order valence-corrected chi connectivity index (χ4v) is 4.74. The van der Waals surface area contributed by atoms with Crippen LogP contribution in [0.15, 0.2) is 10.7 Å². The van der Waals surface area contributed by atoms with Crippen LogP contribution < -0.4 is 5.32 Å². The van der Waals surface area contributed by atoms with Gasteiger partial charge in [-0.15, -0.1) is 11.3 Å². The van der Waals surface area contributed by atoms with Crippen molar-refractivity contribution in [1.29, 1.82) is 0 Å². The molecule has 0 aliphatic heterocycles. The zero-order valence-electron chi connectivity index (χ0n) is 14.2. The largest absolute Gasteiger partial charge is 0.462 e. The van der Waals surface area contributed by atoms with Crippen LogP contribution in [0.4, 0.5) is 5.00 Å². The maximum Gasteiger partial charge on any atom is 0.341 e. The lowest BCUT2D eigenvalue weighted by Gasteiger charge is -2.12. The standard InChI is InChI=1S/C17H20BrN3O3S/c1-3-8-24-17(23)13-10-6-4-5-7-12(10)25-16(13)19-15(22)14-11(18)9-21(2)20-14/h9H,3-8H2,1-2H3,(H,19,22). The maximum absolute atomic E-state index is 12.6. The van der Waals surface area contributed by atoms with Crippen LogP contribution in [-0.2, 0) is 24.6 Å². The van der Waals surface area contributed by atoms with Gasteiger partial charge in [0.15, 0.2) is 5.69 Å². The number of carbonyl (C=O) groups excluding carboxylic acids is 2. The Kier molecular flexibility index (Phi) is 5.58. The van der Waals surface area contributed by atoms with Gasteiger partial charge in [0.2, 0.25) is 0 Å². The van der Waals surface area contributed by atoms with Crippen molar-refractivity contribution >= 4 is 44.1 Å². The fraction of sp³-hybridized carbons (Fsp3) is 0.471. The molecule has 0 fully saturated rings. The number of carbonyl (C=O) groups is 2. The highest BCUT2D eigenvalue weighted by atomic mass is 79.9. The van der Waals surface area contributed by atoms with Crippen molar-refractivity contribution in [2.24, 2.45) is 7.05 Å². The fourth-order valence-electron chi connectivity index (χ4n) is 2.91. The van der Waals surface area contributed by atoms with Gasteiger partial charge in [-0.3, -0.25) is 9.48 Å². The van der Waals surface area contributed by atoms with Crippen LogP contribution in [0.1, 0.15) is 57.5 Å². The molecule has 2 heterocycles. The monoisotopic (exact) mass is 425 g/mol. The SMILES string of the molecule is CCCOC(=O)c1c(NC(=O)c2nn(C)cc2Br)sc2c1CCCC2. The van der Waals surface area contributed by atoms with Gasteiger partial charge >= 0.3 is 5.97 Å². The molecule has 8 heteroatoms. The number of rotatable bonds is 5. The summed E-state index contributed by atoms with van der Waals surface area (Å²) in [5.41, 5.74) is 1.85. The summed E-state index contributed by atoms with van der Waals surface area (Å²) < 4.78 is 7.52. The Morgan fingerprint density at radius 3 is 2.84 bits per heavy atom. The van der Waals surface area contributed by atoms with Crippen LogP contribution in [-0.4, -0.2) is 28.3 Å². The van der Waals surface area contributed by atoms with E-state index in [2.05, 4.69) is 26.3 Å². The first-order valence-electron chi connectivity index (χ1n) is 8.33. The minimum absolute atomic E-state index is 0.293. The summed E-state index contributed by atoms with van der Waals surface area (Å²) in [7, 11) is 1.75. The predicted octanol–water partition coefficient (Wildman–Crippen LogP) is 3.94. The molecule has 1 amide bonds. The third-order valence-electron chi connectivity index (χ3n) is 4.04. The number of hydrogen-bond donors (Lipinski definition) is 1. The summed E-state index contributed by atoms with van der Waals surface area (Å²) in [6, 6.07) is 0. The number of ether oxygens (including phenoxy) is 1. The predicted molar refractivity (Wildman–Crippen MR) is 100 cm³/mol. The first-order chi connectivity index (χ1) is 12.0. The van der Waals surface area contributed by atoms with E-state index in [1.807, 2.05) is 6.92 Å². The second-order valence-electron chi connectivity index (χ2n) is 6.00. The van der Waals surface area contributed by atoms with Crippen molar-refractivity contribution in [1.82, 2.24) is 9.78 Å². The highest BCUT2D eigenvalue weighted by Crippen LogP contribution is 2.39. The molecule has 134 valence electrons. The molecule has 2 aromatic rings. The normalized spacial score (nSPS) is 13.4. The summed E-state index contributed by atoms with van der Waals surface area (Å²) in [6.07, 6.45) is 6.43. The number of fused-ring (bicyclic) bond motifs is 1. The van der Waals surface area contributed by atoms with Gasteiger partial charge in [-0.2, -0.15) is 5.10 Å². The number of halogens is 1. The van der Waals surface area contributed by atoms with E-state index in [0.29, 0.717) is 27.3 Å². The Bertz CT molecular complexity index is 812. The van der Waals surface area contributed by atoms with Gasteiger partial charge in [0.05, 0.1) is 16.6 Å². The van der Waals surface area contributed by atoms with Crippen molar-refractivity contribution in [2.45, 2.75) is 39.0 Å². The number of nitrogens with zero attached hydrogens (tertiary/aromatic N) is 2. The van der Waals surface area contributed by atoms with Crippen molar-refractivity contribution in [3.05, 3.63) is 32.4 Å². The van der Waals surface area contributed by atoms with E-state index in [0.717, 1.165) is 37.7 Å². The molecule has 1 aliphatic rings. The Morgan fingerprint density at radius 2 is 2.16 bits per heavy atom. The number of amides is 1. The minimum atomic E-state index is -0.350. The van der Waals surface area contributed by atoms with E-state index in [1.165, 1.54) is 16.2 Å². The van der Waals surface area contributed by atoms with Gasteiger partial charge in [0, 0.05) is 18.1 Å². The van der Waals surface area contributed by atoms with Crippen molar-refractivity contribution in [2.75, 3.05) is 11.9 Å². The Balaban J connectivity index is 1.92. The van der Waals surface area contributed by atoms with Gasteiger partial charge in [-0.25, -0.2) is 4.79 Å². The quantitative estimate of drug-likeness (QED) is 0.736. The zero-order valence-corrected chi connectivity index (χ0v) is 16.6. The van der Waals surface area contributed by atoms with Crippen LogP contribution in [0.25, 0.3) is 0 Å². The van der Waals surface area contributed by atoms with E-state index >= 15 is 0 Å². The molecule has 6 nitrogen and oxygen atoms in total. The number of thiophene rings is 1. The van der Waals surface area contributed by atoms with Gasteiger partial charge in [0.1, 0.15) is 5.00 Å². The molecule has 0 saturated heterocycles. The number of aryl methyl sites for hydroxylation is 2. The van der Waals surface area contributed by atoms with Crippen LogP contribution in [0.2, 0.25) is 0 Å². The Morgan fingerprint density at radius 1 is 1.40 bits per heavy atom. The van der Waals surface area contributed by atoms with Crippen molar-refractivity contribution in [3.8, 4) is 0 Å². The van der Waals surface area contributed by atoms with E-state index in [-0.39, 0.29) is 11.9 Å². The summed E-state index contributed by atoms with van der Waals surface area (Å²) in [4.78, 5) is 26.3. The molecular weight excluding hydrogens is 406 g/mol. The summed E-state index contributed by atoms with van der Waals surface area (Å²) in [6.45, 7) is 2.33. The molecule has 0 saturated carbocycles. The van der Waals surface area contributed by atoms with Crippen LogP contribution in [0.5, 0.6) is 0 Å². The number of hydrogen-bond acceptors (Lipinski definition) is 5. The molecule has 2 aromatic heterocycles. The molecule has 0 radical (unpaired) electrons. The summed E-state index contributed by atoms with van der Waals surface area (Å²) in [5, 5.41) is 7.59. The van der Waals surface area contributed by atoms with E-state index in [1.54, 1.807) is 17.9 Å². The summed E-state index contributed by atoms with van der Waals surface area (Å²) >= 11 is 4.81. The first-order valence-corrected chi connectivity index (χ1v) is 9.94. The van der Waals surface area contributed by atoms with Crippen LogP contribution in [0.3, 0.4) is 0 Å². The lowest BCUT2D eigenvalue weighted by atomic mass is 9.95. The maximum atomic E-state index is 12.6. The molecule has 1 N–H and O–H groups in total. The molecule has 0 atom stereocenters. The topological polar surface area (TPSA) is 73.2 Å². The van der Waals surface area contributed by atoms with Crippen LogP contribution in [0, 0.1) is 0 Å². The lowest BCUT2D eigenvalue weighted by molar-refractivity contribution is 0.0505. The lowest BCUT2D eigenvalue weighted by Crippen LogP contribution is -2.17. The molecule has 0 spiro atoms. The first kappa shape index (κ1) is 18.1. The average molecular weight is 426 g/mol. The minimum Gasteiger partial charge on any atom is -0.462 e. The van der Waals surface area contributed by atoms with Gasteiger partial charge < -0.3 is 10.1 Å².